The van der Waals surface area contributed by atoms with Gasteiger partial charge in [0, 0.05) is 38.3 Å². The lowest BCUT2D eigenvalue weighted by molar-refractivity contribution is -0.133. The summed E-state index contributed by atoms with van der Waals surface area (Å²) in [5.74, 6) is -2.29. The number of carbonyl (C=O) groups excluding carboxylic acids is 4. The van der Waals surface area contributed by atoms with E-state index >= 15 is 0 Å². The minimum Gasteiger partial charge on any atom is -0.370 e. The Morgan fingerprint density at radius 3 is 2.07 bits per heavy atom. The van der Waals surface area contributed by atoms with Gasteiger partial charge in [-0.25, -0.2) is 0 Å². The maximum absolute atomic E-state index is 13.8. The Balaban J connectivity index is 2.28. The number of primary amides is 1. The second-order valence-electron chi connectivity index (χ2n) is 11.0. The SMILES string of the molecule is CCN[C@H](CCCN=C(N)N)C(=O)N[C@@H](Cc1cn(C)c(=S)[nH]1)C(=O)N[C@@H](CCCCN)C(=O)N[C@@H](Cc1ccccc1)C(N)=O. The molecule has 0 spiro atoms. The summed E-state index contributed by atoms with van der Waals surface area (Å²) in [6, 6.07) is 5.43. The first-order chi connectivity index (χ1) is 21.9. The number of hydrogen-bond donors (Lipinski definition) is 9. The van der Waals surface area contributed by atoms with Gasteiger partial charge in [0.1, 0.15) is 18.1 Å². The molecule has 254 valence electrons. The van der Waals surface area contributed by atoms with Crippen LogP contribution in [0.1, 0.15) is 50.3 Å². The number of amides is 4. The van der Waals surface area contributed by atoms with Crippen LogP contribution in [0.25, 0.3) is 0 Å². The number of rotatable bonds is 21. The predicted molar refractivity (Wildman–Crippen MR) is 180 cm³/mol. The molecule has 15 nitrogen and oxygen atoms in total. The van der Waals surface area contributed by atoms with Crippen LogP contribution in [0.5, 0.6) is 0 Å². The molecule has 1 heterocycles. The summed E-state index contributed by atoms with van der Waals surface area (Å²) in [7, 11) is 1.76. The van der Waals surface area contributed by atoms with Gasteiger partial charge in [0.15, 0.2) is 10.7 Å². The number of nitrogens with two attached hydrogens (primary N) is 4. The van der Waals surface area contributed by atoms with Gasteiger partial charge in [0.25, 0.3) is 0 Å². The van der Waals surface area contributed by atoms with Gasteiger partial charge >= 0.3 is 0 Å². The largest absolute Gasteiger partial charge is 0.370 e. The number of aromatic amines is 1. The quantitative estimate of drug-likeness (QED) is 0.0343. The molecule has 0 aliphatic heterocycles. The van der Waals surface area contributed by atoms with E-state index in [0.29, 0.717) is 55.8 Å². The number of aromatic nitrogens is 2. The van der Waals surface area contributed by atoms with E-state index < -0.39 is 47.8 Å². The molecule has 16 heteroatoms. The number of aryl methyl sites for hydroxylation is 1. The molecule has 0 radical (unpaired) electrons. The highest BCUT2D eigenvalue weighted by Crippen LogP contribution is 2.09. The van der Waals surface area contributed by atoms with E-state index in [1.54, 1.807) is 17.8 Å². The van der Waals surface area contributed by atoms with Crippen LogP contribution >= 0.6 is 12.2 Å². The average Bonchev–Trinajstić information content (AvgIpc) is 3.33. The summed E-state index contributed by atoms with van der Waals surface area (Å²) in [6.07, 6.45) is 4.35. The molecular weight excluding hydrogens is 610 g/mol. The van der Waals surface area contributed by atoms with Crippen molar-refractivity contribution in [1.82, 2.24) is 30.8 Å². The molecule has 1 aromatic heterocycles. The highest BCUT2D eigenvalue weighted by atomic mass is 32.1. The zero-order valence-corrected chi connectivity index (χ0v) is 27.4. The van der Waals surface area contributed by atoms with Crippen molar-refractivity contribution in [3.63, 3.8) is 0 Å². The Bertz CT molecular complexity index is 1360. The standard InChI is InChI=1S/C30H49N11O4S/c1-3-35-21(13-9-15-36-29(33)34)26(43)40-24(17-20-18-41(2)30(46)37-20)28(45)38-22(12-7-8-14-31)27(44)39-23(25(32)42)16-19-10-5-4-6-11-19/h4-6,10-11,18,21-24,35H,3,7-9,12-17,31H2,1-2H3,(H2,32,42)(H,37,46)(H,38,45)(H,39,44)(H,40,43)(H4,33,34,36)/t21-,22+,23+,24+/m1/s1. The number of likely N-dealkylation sites (N-methyl/N-ethyl adjacent to an activating group) is 1. The molecule has 0 unspecified atom stereocenters. The van der Waals surface area contributed by atoms with Gasteiger partial charge in [-0.15, -0.1) is 0 Å². The van der Waals surface area contributed by atoms with Crippen LogP contribution in [0.4, 0.5) is 0 Å². The molecule has 0 bridgehead atoms. The van der Waals surface area contributed by atoms with E-state index in [4.69, 9.17) is 35.2 Å². The van der Waals surface area contributed by atoms with E-state index in [1.807, 2.05) is 37.3 Å². The number of H-pyrrole nitrogens is 1. The number of aliphatic imine (C=N–C) groups is 1. The zero-order chi connectivity index (χ0) is 34.1. The van der Waals surface area contributed by atoms with Gasteiger partial charge in [0.05, 0.1) is 6.04 Å². The average molecular weight is 660 g/mol. The fourth-order valence-corrected chi connectivity index (χ4v) is 4.99. The van der Waals surface area contributed by atoms with Gasteiger partial charge in [-0.2, -0.15) is 0 Å². The molecule has 46 heavy (non-hydrogen) atoms. The number of guanidine groups is 1. The third-order valence-electron chi connectivity index (χ3n) is 7.23. The fraction of sp³-hybridized carbons (Fsp3) is 0.533. The maximum atomic E-state index is 13.8. The summed E-state index contributed by atoms with van der Waals surface area (Å²) < 4.78 is 2.13. The Labute approximate surface area is 274 Å². The molecule has 0 aliphatic carbocycles. The van der Waals surface area contributed by atoms with Crippen molar-refractivity contribution in [3.8, 4) is 0 Å². The zero-order valence-electron chi connectivity index (χ0n) is 26.6. The summed E-state index contributed by atoms with van der Waals surface area (Å²) in [5, 5.41) is 11.5. The number of unbranched alkanes of at least 4 members (excludes halogenated alkanes) is 1. The van der Waals surface area contributed by atoms with E-state index in [0.717, 1.165) is 5.56 Å². The van der Waals surface area contributed by atoms with Gasteiger partial charge in [-0.05, 0) is 63.0 Å². The normalized spacial score (nSPS) is 13.5. The minimum absolute atomic E-state index is 0.0336. The number of benzene rings is 1. The van der Waals surface area contributed by atoms with E-state index in [1.165, 1.54) is 0 Å². The molecule has 2 aromatic rings. The van der Waals surface area contributed by atoms with Crippen molar-refractivity contribution in [2.24, 2.45) is 35.0 Å². The van der Waals surface area contributed by atoms with Gasteiger partial charge < -0.3 is 53.8 Å². The lowest BCUT2D eigenvalue weighted by Crippen LogP contribution is -2.58. The Kier molecular flexibility index (Phi) is 16.5. The number of hydrogen-bond acceptors (Lipinski definition) is 8. The van der Waals surface area contributed by atoms with Crippen molar-refractivity contribution in [2.75, 3.05) is 19.6 Å². The highest BCUT2D eigenvalue weighted by Gasteiger charge is 2.31. The molecule has 4 amide bonds. The molecule has 13 N–H and O–H groups in total. The van der Waals surface area contributed by atoms with Crippen molar-refractivity contribution in [1.29, 1.82) is 0 Å². The van der Waals surface area contributed by atoms with Crippen LogP contribution in [0.15, 0.2) is 41.5 Å². The Hall–Kier alpha value is -4.28. The molecule has 1 aromatic carbocycles. The smallest absolute Gasteiger partial charge is 0.243 e. The van der Waals surface area contributed by atoms with Crippen molar-refractivity contribution in [2.45, 2.75) is 76.0 Å². The van der Waals surface area contributed by atoms with Crippen molar-refractivity contribution >= 4 is 41.8 Å². The first-order valence-electron chi connectivity index (χ1n) is 15.4. The summed E-state index contributed by atoms with van der Waals surface area (Å²) >= 11 is 5.29. The van der Waals surface area contributed by atoms with Crippen LogP contribution < -0.4 is 44.2 Å². The van der Waals surface area contributed by atoms with Crippen molar-refractivity contribution < 1.29 is 19.2 Å². The number of carbonyl (C=O) groups is 4. The molecular formula is C30H49N11O4S. The van der Waals surface area contributed by atoms with E-state index in [9.17, 15) is 19.2 Å². The Morgan fingerprint density at radius 1 is 0.870 bits per heavy atom. The van der Waals surface area contributed by atoms with Crippen LogP contribution in [-0.2, 0) is 39.1 Å². The summed E-state index contributed by atoms with van der Waals surface area (Å²) in [6.45, 7) is 3.13. The molecule has 0 saturated carbocycles. The maximum Gasteiger partial charge on any atom is 0.243 e. The number of imidazole rings is 1. The van der Waals surface area contributed by atoms with Crippen LogP contribution in [0.2, 0.25) is 0 Å². The lowest BCUT2D eigenvalue weighted by atomic mass is 10.0. The van der Waals surface area contributed by atoms with Crippen LogP contribution in [-0.4, -0.2) is 82.9 Å². The fourth-order valence-electron chi connectivity index (χ4n) is 4.81. The number of nitrogens with one attached hydrogen (secondary N) is 5. The lowest BCUT2D eigenvalue weighted by Gasteiger charge is -2.26. The summed E-state index contributed by atoms with van der Waals surface area (Å²) in [4.78, 5) is 60.0. The van der Waals surface area contributed by atoms with Gasteiger partial charge in [-0.3, -0.25) is 24.2 Å². The van der Waals surface area contributed by atoms with Crippen LogP contribution in [0, 0.1) is 4.77 Å². The second kappa shape index (κ2) is 20.0. The third kappa shape index (κ3) is 13.4. The molecule has 2 rings (SSSR count). The topological polar surface area (TPSA) is 254 Å². The number of nitrogens with zero attached hydrogens (tertiary/aromatic N) is 2. The molecule has 0 fully saturated rings. The minimum atomic E-state index is -1.07. The molecule has 4 atom stereocenters. The predicted octanol–water partition coefficient (Wildman–Crippen LogP) is -1.03. The van der Waals surface area contributed by atoms with Gasteiger partial charge in [0.2, 0.25) is 23.6 Å². The van der Waals surface area contributed by atoms with Crippen molar-refractivity contribution in [3.05, 3.63) is 52.6 Å². The monoisotopic (exact) mass is 659 g/mol. The van der Waals surface area contributed by atoms with E-state index in [-0.39, 0.29) is 25.2 Å². The van der Waals surface area contributed by atoms with Gasteiger partial charge in [-0.1, -0.05) is 37.3 Å². The highest BCUT2D eigenvalue weighted by molar-refractivity contribution is 7.71. The molecule has 0 saturated heterocycles. The van der Waals surface area contributed by atoms with Crippen LogP contribution in [0.3, 0.4) is 0 Å². The first-order valence-corrected chi connectivity index (χ1v) is 15.8. The van der Waals surface area contributed by atoms with E-state index in [2.05, 4.69) is 31.2 Å². The molecule has 0 aliphatic rings. The first kappa shape index (κ1) is 37.9. The Morgan fingerprint density at radius 2 is 1.48 bits per heavy atom. The third-order valence-corrected chi connectivity index (χ3v) is 7.62. The second-order valence-corrected chi connectivity index (χ2v) is 11.4. The summed E-state index contributed by atoms with van der Waals surface area (Å²) in [5.41, 5.74) is 23.5.